The molecule has 0 aliphatic carbocycles. The molecule has 1 aliphatic rings. The van der Waals surface area contributed by atoms with Crippen LogP contribution in [0.3, 0.4) is 0 Å². The van der Waals surface area contributed by atoms with Crippen molar-refractivity contribution in [1.82, 2.24) is 9.88 Å². The highest BCUT2D eigenvalue weighted by atomic mass is 32.2. The van der Waals surface area contributed by atoms with E-state index in [1.54, 1.807) is 12.4 Å². The first-order valence-electron chi connectivity index (χ1n) is 4.75. The van der Waals surface area contributed by atoms with E-state index in [2.05, 4.69) is 4.98 Å². The summed E-state index contributed by atoms with van der Waals surface area (Å²) in [6.07, 6.45) is 3.40. The molecule has 0 atom stereocenters. The lowest BCUT2D eigenvalue weighted by Gasteiger charge is -2.46. The molecule has 0 amide bonds. The van der Waals surface area contributed by atoms with Crippen LogP contribution in [0.25, 0.3) is 0 Å². The third-order valence-electron chi connectivity index (χ3n) is 2.99. The van der Waals surface area contributed by atoms with Gasteiger partial charge in [-0.15, -0.1) is 0 Å². The summed E-state index contributed by atoms with van der Waals surface area (Å²) in [6.45, 7) is 0. The Balaban J connectivity index is 2.40. The summed E-state index contributed by atoms with van der Waals surface area (Å²) in [6, 6.07) is 3.77. The minimum absolute atomic E-state index is 0.205. The Hall–Kier alpha value is -0.940. The predicted octanol–water partition coefficient (Wildman–Crippen LogP) is 0.267. The zero-order chi connectivity index (χ0) is 11.1. The normalized spacial score (nSPS) is 22.3. The van der Waals surface area contributed by atoms with E-state index in [0.717, 1.165) is 5.56 Å². The number of nitrogens with zero attached hydrogens (tertiary/aromatic N) is 2. The van der Waals surface area contributed by atoms with Crippen molar-refractivity contribution in [2.24, 2.45) is 0 Å². The molecule has 0 N–H and O–H groups in total. The summed E-state index contributed by atoms with van der Waals surface area (Å²) in [5, 5.41) is 0. The van der Waals surface area contributed by atoms with E-state index < -0.39 is 9.84 Å². The maximum atomic E-state index is 11.3. The summed E-state index contributed by atoms with van der Waals surface area (Å²) >= 11 is 0. The minimum atomic E-state index is -2.84. The van der Waals surface area contributed by atoms with E-state index in [1.165, 1.54) is 0 Å². The average Bonchev–Trinajstić information content (AvgIpc) is 2.14. The Labute approximate surface area is 89.9 Å². The first kappa shape index (κ1) is 10.6. The standard InChI is InChI=1S/C10H14N2O2S/c1-12(2)10(7-15(13,14)8-10)9-3-5-11-6-4-9/h3-6H,7-8H2,1-2H3. The maximum absolute atomic E-state index is 11.3. The SMILES string of the molecule is CN(C)C1(c2ccncc2)CS(=O)(=O)C1. The van der Waals surface area contributed by atoms with E-state index in [1.807, 2.05) is 31.1 Å². The molecule has 0 spiro atoms. The Kier molecular flexibility index (Phi) is 2.31. The average molecular weight is 226 g/mol. The van der Waals surface area contributed by atoms with Crippen molar-refractivity contribution in [1.29, 1.82) is 0 Å². The van der Waals surface area contributed by atoms with Crippen molar-refractivity contribution < 1.29 is 8.42 Å². The molecule has 82 valence electrons. The lowest BCUT2D eigenvalue weighted by molar-refractivity contribution is 0.184. The number of rotatable bonds is 2. The lowest BCUT2D eigenvalue weighted by Crippen LogP contribution is -2.60. The maximum Gasteiger partial charge on any atom is 0.154 e. The van der Waals surface area contributed by atoms with Crippen LogP contribution >= 0.6 is 0 Å². The fourth-order valence-corrected chi connectivity index (χ4v) is 4.25. The van der Waals surface area contributed by atoms with Crippen LogP contribution in [0.15, 0.2) is 24.5 Å². The van der Waals surface area contributed by atoms with Crippen molar-refractivity contribution in [3.8, 4) is 0 Å². The second-order valence-electron chi connectivity index (χ2n) is 4.19. The van der Waals surface area contributed by atoms with Gasteiger partial charge in [-0.3, -0.25) is 9.88 Å². The Morgan fingerprint density at radius 1 is 1.27 bits per heavy atom. The largest absolute Gasteiger partial charge is 0.298 e. The van der Waals surface area contributed by atoms with Crippen LogP contribution in [0.4, 0.5) is 0 Å². The number of pyridine rings is 1. The molecule has 2 heterocycles. The van der Waals surface area contributed by atoms with Gasteiger partial charge in [0.1, 0.15) is 0 Å². The lowest BCUT2D eigenvalue weighted by atomic mass is 9.93. The first-order valence-corrected chi connectivity index (χ1v) is 6.57. The molecule has 1 saturated heterocycles. The fourth-order valence-electron chi connectivity index (χ4n) is 2.03. The summed E-state index contributed by atoms with van der Waals surface area (Å²) in [7, 11) is 0.979. The van der Waals surface area contributed by atoms with Gasteiger partial charge in [-0.2, -0.15) is 0 Å². The topological polar surface area (TPSA) is 50.3 Å². The van der Waals surface area contributed by atoms with Crippen LogP contribution in [0, 0.1) is 0 Å². The molecule has 0 radical (unpaired) electrons. The van der Waals surface area contributed by atoms with Crippen molar-refractivity contribution >= 4 is 9.84 Å². The molecular formula is C10H14N2O2S. The summed E-state index contributed by atoms with van der Waals surface area (Å²) < 4.78 is 22.7. The monoisotopic (exact) mass is 226 g/mol. The third kappa shape index (κ3) is 1.66. The van der Waals surface area contributed by atoms with Crippen molar-refractivity contribution in [3.05, 3.63) is 30.1 Å². The zero-order valence-electron chi connectivity index (χ0n) is 8.84. The molecule has 0 saturated carbocycles. The van der Waals surface area contributed by atoms with E-state index in [-0.39, 0.29) is 17.0 Å². The van der Waals surface area contributed by atoms with Gasteiger partial charge in [0.15, 0.2) is 9.84 Å². The van der Waals surface area contributed by atoms with Gasteiger partial charge < -0.3 is 0 Å². The smallest absolute Gasteiger partial charge is 0.154 e. The van der Waals surface area contributed by atoms with Gasteiger partial charge in [0.25, 0.3) is 0 Å². The third-order valence-corrected chi connectivity index (χ3v) is 4.83. The van der Waals surface area contributed by atoms with E-state index in [4.69, 9.17) is 0 Å². The van der Waals surface area contributed by atoms with Crippen molar-refractivity contribution in [3.63, 3.8) is 0 Å². The summed E-state index contributed by atoms with van der Waals surface area (Å²) in [5.41, 5.74) is 0.680. The molecule has 1 aromatic heterocycles. The molecule has 1 aromatic rings. The molecular weight excluding hydrogens is 212 g/mol. The second-order valence-corrected chi connectivity index (χ2v) is 6.26. The zero-order valence-corrected chi connectivity index (χ0v) is 9.66. The van der Waals surface area contributed by atoms with Crippen LogP contribution < -0.4 is 0 Å². The molecule has 5 heteroatoms. The van der Waals surface area contributed by atoms with Gasteiger partial charge in [0.2, 0.25) is 0 Å². The second kappa shape index (κ2) is 3.28. The highest BCUT2D eigenvalue weighted by molar-refractivity contribution is 7.93. The van der Waals surface area contributed by atoms with Crippen LogP contribution in [0.2, 0.25) is 0 Å². The fraction of sp³-hybridized carbons (Fsp3) is 0.500. The van der Waals surface area contributed by atoms with Gasteiger partial charge in [-0.05, 0) is 31.8 Å². The number of hydrogen-bond acceptors (Lipinski definition) is 4. The predicted molar refractivity (Wildman–Crippen MR) is 58.3 cm³/mol. The van der Waals surface area contributed by atoms with Crippen LogP contribution in [0.1, 0.15) is 5.56 Å². The van der Waals surface area contributed by atoms with E-state index in [0.29, 0.717) is 0 Å². The van der Waals surface area contributed by atoms with Crippen molar-refractivity contribution in [2.75, 3.05) is 25.6 Å². The van der Waals surface area contributed by atoms with Gasteiger partial charge >= 0.3 is 0 Å². The number of aromatic nitrogens is 1. The molecule has 1 aliphatic heterocycles. The van der Waals surface area contributed by atoms with E-state index in [9.17, 15) is 8.42 Å². The van der Waals surface area contributed by atoms with Gasteiger partial charge in [-0.1, -0.05) is 0 Å². The van der Waals surface area contributed by atoms with Gasteiger partial charge in [0, 0.05) is 12.4 Å². The molecule has 15 heavy (non-hydrogen) atoms. The quantitative estimate of drug-likeness (QED) is 0.726. The summed E-state index contributed by atoms with van der Waals surface area (Å²) in [4.78, 5) is 5.92. The Bertz CT molecular complexity index is 442. The molecule has 0 bridgehead atoms. The van der Waals surface area contributed by atoms with Crippen LogP contribution in [-0.2, 0) is 15.4 Å². The van der Waals surface area contributed by atoms with Crippen molar-refractivity contribution in [2.45, 2.75) is 5.54 Å². The molecule has 0 unspecified atom stereocenters. The minimum Gasteiger partial charge on any atom is -0.298 e. The Morgan fingerprint density at radius 2 is 1.80 bits per heavy atom. The first-order chi connectivity index (χ1) is 6.96. The molecule has 2 rings (SSSR count). The highest BCUT2D eigenvalue weighted by Crippen LogP contribution is 2.37. The molecule has 0 aromatic carbocycles. The van der Waals surface area contributed by atoms with E-state index >= 15 is 0 Å². The number of sulfone groups is 1. The van der Waals surface area contributed by atoms with Gasteiger partial charge in [-0.25, -0.2) is 8.42 Å². The molecule has 1 fully saturated rings. The highest BCUT2D eigenvalue weighted by Gasteiger charge is 2.51. The summed E-state index contributed by atoms with van der Waals surface area (Å²) in [5.74, 6) is 0.411. The number of hydrogen-bond donors (Lipinski definition) is 0. The van der Waals surface area contributed by atoms with Crippen LogP contribution in [0.5, 0.6) is 0 Å². The Morgan fingerprint density at radius 3 is 2.20 bits per heavy atom. The van der Waals surface area contributed by atoms with Gasteiger partial charge in [0.05, 0.1) is 17.0 Å². The van der Waals surface area contributed by atoms with Crippen LogP contribution in [-0.4, -0.2) is 43.9 Å². The molecule has 4 nitrogen and oxygen atoms in total.